The standard InChI is InChI=1S/C13H15Cl2N3O2/c1-8(2)6-16-12(19)13(20)18-17-7-9-4-3-5-10(14)11(9)15/h3-5,7-8H,6H2,1-2H3,(H,16,19)(H,18,20)/b17-7-. The molecule has 1 rings (SSSR count). The van der Waals surface area contributed by atoms with Crippen molar-refractivity contribution in [3.8, 4) is 0 Å². The van der Waals surface area contributed by atoms with Gasteiger partial charge in [-0.2, -0.15) is 5.10 Å². The van der Waals surface area contributed by atoms with Gasteiger partial charge in [-0.15, -0.1) is 0 Å². The second kappa shape index (κ2) is 7.87. The molecule has 2 amide bonds. The highest BCUT2D eigenvalue weighted by atomic mass is 35.5. The Kier molecular flexibility index (Phi) is 6.48. The van der Waals surface area contributed by atoms with Gasteiger partial charge in [0.1, 0.15) is 0 Å². The number of nitrogens with zero attached hydrogens (tertiary/aromatic N) is 1. The van der Waals surface area contributed by atoms with Crippen LogP contribution < -0.4 is 10.7 Å². The third-order valence-electron chi connectivity index (χ3n) is 2.23. The average Bonchev–Trinajstić information content (AvgIpc) is 2.40. The number of carbonyl (C=O) groups excluding carboxylic acids is 2. The second-order valence-electron chi connectivity index (χ2n) is 4.45. The molecule has 0 fully saturated rings. The van der Waals surface area contributed by atoms with Crippen molar-refractivity contribution in [1.29, 1.82) is 0 Å². The average molecular weight is 316 g/mol. The van der Waals surface area contributed by atoms with Gasteiger partial charge in [0.25, 0.3) is 0 Å². The van der Waals surface area contributed by atoms with Gasteiger partial charge in [0.2, 0.25) is 0 Å². The van der Waals surface area contributed by atoms with E-state index in [0.29, 0.717) is 22.2 Å². The van der Waals surface area contributed by atoms with Gasteiger partial charge in [0.05, 0.1) is 16.3 Å². The second-order valence-corrected chi connectivity index (χ2v) is 5.23. The minimum atomic E-state index is -0.833. The monoisotopic (exact) mass is 315 g/mol. The zero-order valence-electron chi connectivity index (χ0n) is 11.1. The molecule has 0 aliphatic heterocycles. The van der Waals surface area contributed by atoms with Crippen molar-refractivity contribution in [3.63, 3.8) is 0 Å². The summed E-state index contributed by atoms with van der Waals surface area (Å²) in [5, 5.41) is 6.86. The fraction of sp³-hybridized carbons (Fsp3) is 0.308. The van der Waals surface area contributed by atoms with Gasteiger partial charge in [0, 0.05) is 12.1 Å². The quantitative estimate of drug-likeness (QED) is 0.508. The highest BCUT2D eigenvalue weighted by molar-refractivity contribution is 6.43. The van der Waals surface area contributed by atoms with Gasteiger partial charge < -0.3 is 5.32 Å². The number of amides is 2. The molecule has 0 spiro atoms. The first-order chi connectivity index (χ1) is 9.41. The molecule has 0 aliphatic carbocycles. The van der Waals surface area contributed by atoms with Crippen LogP contribution in [0.4, 0.5) is 0 Å². The van der Waals surface area contributed by atoms with E-state index in [0.717, 1.165) is 0 Å². The molecule has 0 aliphatic rings. The summed E-state index contributed by atoms with van der Waals surface area (Å²) in [5.41, 5.74) is 2.66. The van der Waals surface area contributed by atoms with E-state index in [2.05, 4.69) is 15.8 Å². The van der Waals surface area contributed by atoms with Crippen LogP contribution in [0.5, 0.6) is 0 Å². The van der Waals surface area contributed by atoms with Crippen molar-refractivity contribution in [3.05, 3.63) is 33.8 Å². The molecule has 0 aromatic heterocycles. The SMILES string of the molecule is CC(C)CNC(=O)C(=O)N/N=C\c1cccc(Cl)c1Cl. The Hall–Kier alpha value is -1.59. The summed E-state index contributed by atoms with van der Waals surface area (Å²) in [5.74, 6) is -1.30. The minimum Gasteiger partial charge on any atom is -0.348 e. The molecule has 7 heteroatoms. The highest BCUT2D eigenvalue weighted by Crippen LogP contribution is 2.23. The Morgan fingerprint density at radius 2 is 2.00 bits per heavy atom. The largest absolute Gasteiger partial charge is 0.348 e. The normalized spacial score (nSPS) is 10.8. The number of halogens is 2. The van der Waals surface area contributed by atoms with E-state index >= 15 is 0 Å². The molecule has 0 unspecified atom stereocenters. The smallest absolute Gasteiger partial charge is 0.329 e. The van der Waals surface area contributed by atoms with Gasteiger partial charge in [-0.05, 0) is 12.0 Å². The Morgan fingerprint density at radius 3 is 2.65 bits per heavy atom. The van der Waals surface area contributed by atoms with Crippen molar-refractivity contribution >= 4 is 41.2 Å². The fourth-order valence-electron chi connectivity index (χ4n) is 1.21. The summed E-state index contributed by atoms with van der Waals surface area (Å²) in [6.07, 6.45) is 1.32. The van der Waals surface area contributed by atoms with Crippen LogP contribution in [0.3, 0.4) is 0 Å². The Morgan fingerprint density at radius 1 is 1.30 bits per heavy atom. The van der Waals surface area contributed by atoms with E-state index in [-0.39, 0.29) is 5.92 Å². The molecule has 108 valence electrons. The molecule has 20 heavy (non-hydrogen) atoms. The van der Waals surface area contributed by atoms with Gasteiger partial charge >= 0.3 is 11.8 Å². The number of hydrogen-bond acceptors (Lipinski definition) is 3. The lowest BCUT2D eigenvalue weighted by atomic mass is 10.2. The van der Waals surface area contributed by atoms with E-state index in [1.165, 1.54) is 6.21 Å². The fourth-order valence-corrected chi connectivity index (χ4v) is 1.57. The van der Waals surface area contributed by atoms with E-state index in [1.807, 2.05) is 13.8 Å². The molecular weight excluding hydrogens is 301 g/mol. The molecule has 1 aromatic carbocycles. The molecule has 0 atom stereocenters. The first-order valence-electron chi connectivity index (χ1n) is 5.97. The summed E-state index contributed by atoms with van der Waals surface area (Å²) < 4.78 is 0. The number of carbonyl (C=O) groups is 2. The molecule has 1 aromatic rings. The molecular formula is C13H15Cl2N3O2. The highest BCUT2D eigenvalue weighted by Gasteiger charge is 2.12. The molecule has 0 radical (unpaired) electrons. The molecule has 5 nitrogen and oxygen atoms in total. The number of hydrazone groups is 1. The van der Waals surface area contributed by atoms with Crippen LogP contribution in [0.2, 0.25) is 10.0 Å². The van der Waals surface area contributed by atoms with Crippen LogP contribution in [0.15, 0.2) is 23.3 Å². The number of benzene rings is 1. The van der Waals surface area contributed by atoms with Crippen LogP contribution in [0.1, 0.15) is 19.4 Å². The van der Waals surface area contributed by atoms with E-state index < -0.39 is 11.8 Å². The molecule has 0 saturated carbocycles. The summed E-state index contributed by atoms with van der Waals surface area (Å²) in [6.45, 7) is 4.28. The maximum Gasteiger partial charge on any atom is 0.329 e. The maximum atomic E-state index is 11.4. The Labute approximate surface area is 127 Å². The molecule has 0 bridgehead atoms. The van der Waals surface area contributed by atoms with Gasteiger partial charge in [-0.25, -0.2) is 5.43 Å². The van der Waals surface area contributed by atoms with E-state index in [9.17, 15) is 9.59 Å². The van der Waals surface area contributed by atoms with Gasteiger partial charge in [0.15, 0.2) is 0 Å². The van der Waals surface area contributed by atoms with Crippen molar-refractivity contribution in [1.82, 2.24) is 10.7 Å². The number of rotatable bonds is 4. The van der Waals surface area contributed by atoms with Gasteiger partial charge in [-0.1, -0.05) is 49.2 Å². The molecule has 0 saturated heterocycles. The van der Waals surface area contributed by atoms with E-state index in [1.54, 1.807) is 18.2 Å². The van der Waals surface area contributed by atoms with Crippen molar-refractivity contribution in [2.45, 2.75) is 13.8 Å². The zero-order chi connectivity index (χ0) is 15.1. The minimum absolute atomic E-state index is 0.264. The number of hydrogen-bond donors (Lipinski definition) is 2. The van der Waals surface area contributed by atoms with Crippen LogP contribution in [0.25, 0.3) is 0 Å². The van der Waals surface area contributed by atoms with E-state index in [4.69, 9.17) is 23.2 Å². The van der Waals surface area contributed by atoms with Crippen LogP contribution in [-0.2, 0) is 9.59 Å². The van der Waals surface area contributed by atoms with Crippen LogP contribution in [-0.4, -0.2) is 24.6 Å². The lowest BCUT2D eigenvalue weighted by Gasteiger charge is -2.05. The summed E-state index contributed by atoms with van der Waals surface area (Å²) in [7, 11) is 0. The summed E-state index contributed by atoms with van der Waals surface area (Å²) >= 11 is 11.8. The Bertz CT molecular complexity index is 530. The van der Waals surface area contributed by atoms with Crippen LogP contribution >= 0.6 is 23.2 Å². The zero-order valence-corrected chi connectivity index (χ0v) is 12.6. The van der Waals surface area contributed by atoms with Gasteiger partial charge in [-0.3, -0.25) is 9.59 Å². The molecule has 0 heterocycles. The maximum absolute atomic E-state index is 11.4. The van der Waals surface area contributed by atoms with Crippen LogP contribution in [0, 0.1) is 5.92 Å². The Balaban J connectivity index is 2.54. The third-order valence-corrected chi connectivity index (χ3v) is 3.06. The summed E-state index contributed by atoms with van der Waals surface area (Å²) in [6, 6.07) is 5.02. The molecule has 2 N–H and O–H groups in total. The van der Waals surface area contributed by atoms with Crippen molar-refractivity contribution in [2.75, 3.05) is 6.54 Å². The van der Waals surface area contributed by atoms with Crippen molar-refractivity contribution < 1.29 is 9.59 Å². The number of nitrogens with one attached hydrogen (secondary N) is 2. The summed E-state index contributed by atoms with van der Waals surface area (Å²) in [4.78, 5) is 22.8. The first kappa shape index (κ1) is 16.5. The lowest BCUT2D eigenvalue weighted by molar-refractivity contribution is -0.139. The lowest BCUT2D eigenvalue weighted by Crippen LogP contribution is -2.39. The van der Waals surface area contributed by atoms with Crippen molar-refractivity contribution in [2.24, 2.45) is 11.0 Å². The topological polar surface area (TPSA) is 70.6 Å². The third kappa shape index (κ3) is 5.19. The predicted molar refractivity (Wildman–Crippen MR) is 80.0 cm³/mol. The predicted octanol–water partition coefficient (Wildman–Crippen LogP) is 2.22. The first-order valence-corrected chi connectivity index (χ1v) is 6.72.